The summed E-state index contributed by atoms with van der Waals surface area (Å²) in [5, 5.41) is 8.53. The van der Waals surface area contributed by atoms with Gasteiger partial charge >= 0.3 is 0 Å². The van der Waals surface area contributed by atoms with E-state index in [1.54, 1.807) is 0 Å². The Bertz CT molecular complexity index is 869. The van der Waals surface area contributed by atoms with Crippen LogP contribution in [0.4, 0.5) is 0 Å². The molecular weight excluding hydrogens is 356 g/mol. The molecule has 1 aliphatic heterocycles. The lowest BCUT2D eigenvalue weighted by Gasteiger charge is -2.39. The molecule has 2 aromatic carbocycles. The Hall–Kier alpha value is -2.14. The van der Waals surface area contributed by atoms with Gasteiger partial charge < -0.3 is 0 Å². The number of halogens is 1. The van der Waals surface area contributed by atoms with Crippen molar-refractivity contribution in [3.8, 4) is 0 Å². The number of aromatic amines is 1. The van der Waals surface area contributed by atoms with Gasteiger partial charge in [-0.05, 0) is 30.2 Å². The maximum Gasteiger partial charge on any atom is 0.0841 e. The van der Waals surface area contributed by atoms with Gasteiger partial charge in [-0.2, -0.15) is 5.10 Å². The third kappa shape index (κ3) is 4.24. The van der Waals surface area contributed by atoms with Crippen LogP contribution in [-0.2, 0) is 6.54 Å². The second-order valence-electron chi connectivity index (χ2n) is 7.19. The van der Waals surface area contributed by atoms with E-state index in [1.165, 1.54) is 11.1 Å². The smallest absolute Gasteiger partial charge is 0.0841 e. The fourth-order valence-corrected chi connectivity index (χ4v) is 4.03. The van der Waals surface area contributed by atoms with Crippen LogP contribution in [0.15, 0.2) is 60.7 Å². The van der Waals surface area contributed by atoms with Crippen LogP contribution < -0.4 is 0 Å². The van der Waals surface area contributed by atoms with E-state index in [9.17, 15) is 0 Å². The maximum atomic E-state index is 6.34. The summed E-state index contributed by atoms with van der Waals surface area (Å²) < 4.78 is 0. The minimum absolute atomic E-state index is 0.193. The third-order valence-electron chi connectivity index (χ3n) is 5.25. The van der Waals surface area contributed by atoms with Crippen LogP contribution in [0.3, 0.4) is 0 Å². The molecule has 0 bridgehead atoms. The van der Waals surface area contributed by atoms with Gasteiger partial charge in [0.1, 0.15) is 0 Å². The lowest BCUT2D eigenvalue weighted by atomic mass is 10.0. The molecule has 1 aromatic heterocycles. The molecule has 5 heteroatoms. The third-order valence-corrected chi connectivity index (χ3v) is 5.61. The number of H-pyrrole nitrogens is 1. The summed E-state index contributed by atoms with van der Waals surface area (Å²) in [4.78, 5) is 5.02. The van der Waals surface area contributed by atoms with Crippen molar-refractivity contribution in [3.63, 3.8) is 0 Å². The minimum atomic E-state index is 0.193. The number of rotatable bonds is 5. The van der Waals surface area contributed by atoms with Crippen molar-refractivity contribution in [1.82, 2.24) is 20.0 Å². The standard InChI is InChI=1S/C22H25ClN4/c1-17-15-21(25-24-17)22(18-7-3-2-4-8-18)27-13-11-26(12-14-27)16-19-9-5-6-10-20(19)23/h2-10,15,22H,11-14,16H2,1H3,(H,24,25). The van der Waals surface area contributed by atoms with Gasteiger partial charge in [-0.25, -0.2) is 0 Å². The molecule has 3 aromatic rings. The number of piperazine rings is 1. The van der Waals surface area contributed by atoms with Gasteiger partial charge in [-0.15, -0.1) is 0 Å². The van der Waals surface area contributed by atoms with Gasteiger partial charge in [-0.3, -0.25) is 14.9 Å². The molecule has 4 nitrogen and oxygen atoms in total. The molecule has 1 atom stereocenters. The van der Waals surface area contributed by atoms with E-state index in [4.69, 9.17) is 11.6 Å². The van der Waals surface area contributed by atoms with Crippen LogP contribution in [0.1, 0.15) is 28.6 Å². The Morgan fingerprint density at radius 2 is 1.70 bits per heavy atom. The normalized spacial score (nSPS) is 17.1. The van der Waals surface area contributed by atoms with Crippen molar-refractivity contribution in [2.24, 2.45) is 0 Å². The molecule has 0 radical (unpaired) electrons. The van der Waals surface area contributed by atoms with E-state index in [2.05, 4.69) is 75.5 Å². The van der Waals surface area contributed by atoms with Gasteiger partial charge in [0.2, 0.25) is 0 Å². The maximum absolute atomic E-state index is 6.34. The zero-order valence-electron chi connectivity index (χ0n) is 15.6. The Morgan fingerprint density at radius 3 is 2.37 bits per heavy atom. The number of aromatic nitrogens is 2. The minimum Gasteiger partial charge on any atom is -0.296 e. The molecule has 4 rings (SSSR count). The fraction of sp³-hybridized carbons (Fsp3) is 0.318. The van der Waals surface area contributed by atoms with Gasteiger partial charge in [0, 0.05) is 43.4 Å². The highest BCUT2D eigenvalue weighted by atomic mass is 35.5. The van der Waals surface area contributed by atoms with Crippen molar-refractivity contribution in [3.05, 3.63) is 88.2 Å². The zero-order valence-corrected chi connectivity index (χ0v) is 16.4. The van der Waals surface area contributed by atoms with Crippen molar-refractivity contribution < 1.29 is 0 Å². The lowest BCUT2D eigenvalue weighted by Crippen LogP contribution is -2.47. The summed E-state index contributed by atoms with van der Waals surface area (Å²) in [6.45, 7) is 7.03. The number of nitrogens with zero attached hydrogens (tertiary/aromatic N) is 3. The van der Waals surface area contributed by atoms with Crippen LogP contribution in [0.5, 0.6) is 0 Å². The van der Waals surface area contributed by atoms with Crippen LogP contribution in [0.25, 0.3) is 0 Å². The average Bonchev–Trinajstić information content (AvgIpc) is 3.12. The molecule has 2 heterocycles. The highest BCUT2D eigenvalue weighted by Gasteiger charge is 2.28. The quantitative estimate of drug-likeness (QED) is 0.717. The number of hydrogen-bond acceptors (Lipinski definition) is 3. The molecule has 27 heavy (non-hydrogen) atoms. The summed E-state index contributed by atoms with van der Waals surface area (Å²) in [5.74, 6) is 0. The Kier molecular flexibility index (Phi) is 5.58. The molecule has 0 aliphatic carbocycles. The predicted molar refractivity (Wildman–Crippen MR) is 110 cm³/mol. The van der Waals surface area contributed by atoms with Gasteiger partial charge in [0.25, 0.3) is 0 Å². The summed E-state index contributed by atoms with van der Waals surface area (Å²) in [5.41, 5.74) is 4.69. The number of hydrogen-bond donors (Lipinski definition) is 1. The predicted octanol–water partition coefficient (Wildman–Crippen LogP) is 4.28. The largest absolute Gasteiger partial charge is 0.296 e. The summed E-state index contributed by atoms with van der Waals surface area (Å²) in [6, 6.07) is 21.2. The summed E-state index contributed by atoms with van der Waals surface area (Å²) >= 11 is 6.34. The monoisotopic (exact) mass is 380 g/mol. The Morgan fingerprint density at radius 1 is 1.00 bits per heavy atom. The zero-order chi connectivity index (χ0) is 18.6. The lowest BCUT2D eigenvalue weighted by molar-refractivity contribution is 0.103. The molecule has 1 aliphatic rings. The SMILES string of the molecule is Cc1cc(C(c2ccccc2)N2CCN(Cc3ccccc3Cl)CC2)n[nH]1. The Labute approximate surface area is 165 Å². The molecular formula is C22H25ClN4. The Balaban J connectivity index is 1.48. The average molecular weight is 381 g/mol. The van der Waals surface area contributed by atoms with E-state index < -0.39 is 0 Å². The molecule has 0 saturated carbocycles. The molecule has 0 amide bonds. The van der Waals surface area contributed by atoms with E-state index in [0.717, 1.165) is 49.1 Å². The summed E-state index contributed by atoms with van der Waals surface area (Å²) in [6.07, 6.45) is 0. The molecule has 1 N–H and O–H groups in total. The first-order valence-corrected chi connectivity index (χ1v) is 9.85. The van der Waals surface area contributed by atoms with Gasteiger partial charge in [0.15, 0.2) is 0 Å². The second kappa shape index (κ2) is 8.26. The molecule has 1 fully saturated rings. The molecule has 1 unspecified atom stereocenters. The first-order chi connectivity index (χ1) is 13.2. The highest BCUT2D eigenvalue weighted by molar-refractivity contribution is 6.31. The van der Waals surface area contributed by atoms with Crippen molar-refractivity contribution in [2.45, 2.75) is 19.5 Å². The van der Waals surface area contributed by atoms with Crippen molar-refractivity contribution in [2.75, 3.05) is 26.2 Å². The topological polar surface area (TPSA) is 35.2 Å². The highest BCUT2D eigenvalue weighted by Crippen LogP contribution is 2.29. The van der Waals surface area contributed by atoms with E-state index in [1.807, 2.05) is 12.1 Å². The molecule has 1 saturated heterocycles. The van der Waals surface area contributed by atoms with Crippen molar-refractivity contribution >= 4 is 11.6 Å². The van der Waals surface area contributed by atoms with Crippen molar-refractivity contribution in [1.29, 1.82) is 0 Å². The van der Waals surface area contributed by atoms with Crippen LogP contribution in [0.2, 0.25) is 5.02 Å². The fourth-order valence-electron chi connectivity index (χ4n) is 3.83. The van der Waals surface area contributed by atoms with E-state index in [0.29, 0.717) is 0 Å². The molecule has 0 spiro atoms. The number of nitrogens with one attached hydrogen (secondary N) is 1. The van der Waals surface area contributed by atoms with E-state index in [-0.39, 0.29) is 6.04 Å². The number of benzene rings is 2. The number of aryl methyl sites for hydroxylation is 1. The first kappa shape index (κ1) is 18.2. The first-order valence-electron chi connectivity index (χ1n) is 9.47. The van der Waals surface area contributed by atoms with Gasteiger partial charge in [-0.1, -0.05) is 60.1 Å². The van der Waals surface area contributed by atoms with Crippen LogP contribution >= 0.6 is 11.6 Å². The second-order valence-corrected chi connectivity index (χ2v) is 7.60. The van der Waals surface area contributed by atoms with E-state index >= 15 is 0 Å². The van der Waals surface area contributed by atoms with Crippen LogP contribution in [-0.4, -0.2) is 46.2 Å². The van der Waals surface area contributed by atoms with Gasteiger partial charge in [0.05, 0.1) is 11.7 Å². The molecule has 140 valence electrons. The van der Waals surface area contributed by atoms with Crippen LogP contribution in [0, 0.1) is 6.92 Å². The summed E-state index contributed by atoms with van der Waals surface area (Å²) in [7, 11) is 0.